The van der Waals surface area contributed by atoms with Crippen LogP contribution in [0, 0.1) is 6.92 Å². The van der Waals surface area contributed by atoms with E-state index in [4.69, 9.17) is 4.74 Å². The highest BCUT2D eigenvalue weighted by Crippen LogP contribution is 2.31. The van der Waals surface area contributed by atoms with E-state index in [1.807, 2.05) is 13.0 Å². The smallest absolute Gasteiger partial charge is 0.355 e. The molecule has 2 rings (SSSR count). The minimum atomic E-state index is -0.234. The fourth-order valence-corrected chi connectivity index (χ4v) is 3.00. The Labute approximate surface area is 105 Å². The number of fused-ring (bicyclic) bond motifs is 1. The van der Waals surface area contributed by atoms with Crippen LogP contribution < -0.4 is 0 Å². The van der Waals surface area contributed by atoms with Gasteiger partial charge in [0, 0.05) is 10.9 Å². The number of ether oxygens (including phenoxy) is 1. The molecule has 0 saturated carbocycles. The van der Waals surface area contributed by atoms with Crippen molar-refractivity contribution in [1.82, 2.24) is 4.57 Å². The second kappa shape index (κ2) is 4.53. The predicted molar refractivity (Wildman–Crippen MR) is 70.9 cm³/mol. The maximum absolute atomic E-state index is 11.9. The highest BCUT2D eigenvalue weighted by molar-refractivity contribution is 7.19. The molecule has 0 radical (unpaired) electrons. The van der Waals surface area contributed by atoms with E-state index in [1.165, 1.54) is 4.88 Å². The van der Waals surface area contributed by atoms with Crippen molar-refractivity contribution < 1.29 is 9.53 Å². The van der Waals surface area contributed by atoms with Gasteiger partial charge in [-0.2, -0.15) is 0 Å². The number of esters is 1. The molecule has 0 fully saturated rings. The summed E-state index contributed by atoms with van der Waals surface area (Å²) in [5, 5.41) is 0. The zero-order chi connectivity index (χ0) is 12.6. The van der Waals surface area contributed by atoms with E-state index >= 15 is 0 Å². The van der Waals surface area contributed by atoms with Gasteiger partial charge >= 0.3 is 5.97 Å². The lowest BCUT2D eigenvalue weighted by Crippen LogP contribution is -2.13. The fourth-order valence-electron chi connectivity index (χ4n) is 2.05. The summed E-state index contributed by atoms with van der Waals surface area (Å²) in [5.74, 6) is -0.234. The molecule has 0 bridgehead atoms. The summed E-state index contributed by atoms with van der Waals surface area (Å²) in [7, 11) is 0. The number of hydrogen-bond acceptors (Lipinski definition) is 3. The molecule has 0 amide bonds. The number of hydrogen-bond donors (Lipinski definition) is 0. The van der Waals surface area contributed by atoms with E-state index in [0.717, 1.165) is 10.2 Å². The molecular formula is C13H17NO2S. The third kappa shape index (κ3) is 2.09. The first kappa shape index (κ1) is 12.2. The maximum atomic E-state index is 11.9. The Morgan fingerprint density at radius 3 is 2.76 bits per heavy atom. The Morgan fingerprint density at radius 2 is 2.18 bits per heavy atom. The van der Waals surface area contributed by atoms with E-state index in [9.17, 15) is 4.79 Å². The van der Waals surface area contributed by atoms with Gasteiger partial charge in [0.05, 0.1) is 16.8 Å². The van der Waals surface area contributed by atoms with Crippen LogP contribution in [-0.4, -0.2) is 17.1 Å². The largest absolute Gasteiger partial charge is 0.461 e. The molecule has 2 heterocycles. The molecule has 0 aliphatic rings. The summed E-state index contributed by atoms with van der Waals surface area (Å²) in [5.41, 5.74) is 1.79. The molecule has 0 unspecified atom stereocenters. The average molecular weight is 251 g/mol. The van der Waals surface area contributed by atoms with Crippen molar-refractivity contribution in [1.29, 1.82) is 0 Å². The summed E-state index contributed by atoms with van der Waals surface area (Å²) in [4.78, 5) is 13.1. The highest BCUT2D eigenvalue weighted by atomic mass is 32.1. The van der Waals surface area contributed by atoms with E-state index in [-0.39, 0.29) is 12.0 Å². The SMILES string of the molecule is CCOC(=O)c1cc2sc(C)cc2n1C(C)C. The molecule has 0 spiro atoms. The molecule has 0 N–H and O–H groups in total. The minimum absolute atomic E-state index is 0.234. The number of nitrogens with zero attached hydrogens (tertiary/aromatic N) is 1. The molecule has 0 saturated heterocycles. The van der Waals surface area contributed by atoms with Crippen LogP contribution in [0.15, 0.2) is 12.1 Å². The van der Waals surface area contributed by atoms with Crippen LogP contribution in [0.5, 0.6) is 0 Å². The standard InChI is InChI=1S/C13H17NO2S/c1-5-16-13(15)11-7-12-10(6-9(4)17-12)14(11)8(2)3/h6-8H,5H2,1-4H3. The highest BCUT2D eigenvalue weighted by Gasteiger charge is 2.19. The lowest BCUT2D eigenvalue weighted by atomic mass is 10.3. The van der Waals surface area contributed by atoms with Gasteiger partial charge in [0.2, 0.25) is 0 Å². The van der Waals surface area contributed by atoms with Crippen LogP contribution in [0.25, 0.3) is 10.2 Å². The zero-order valence-corrected chi connectivity index (χ0v) is 11.4. The number of thiophene rings is 1. The first-order valence-corrected chi connectivity index (χ1v) is 6.64. The molecular weight excluding hydrogens is 234 g/mol. The van der Waals surface area contributed by atoms with Gasteiger partial charge in [0.15, 0.2) is 0 Å². The quantitative estimate of drug-likeness (QED) is 0.778. The summed E-state index contributed by atoms with van der Waals surface area (Å²) < 4.78 is 8.30. The van der Waals surface area contributed by atoms with Crippen molar-refractivity contribution in [2.75, 3.05) is 6.61 Å². The number of aromatic nitrogens is 1. The topological polar surface area (TPSA) is 31.2 Å². The van der Waals surface area contributed by atoms with Gasteiger partial charge in [-0.05, 0) is 39.8 Å². The number of carbonyl (C=O) groups is 1. The maximum Gasteiger partial charge on any atom is 0.355 e. The Bertz CT molecular complexity index is 551. The minimum Gasteiger partial charge on any atom is -0.461 e. The molecule has 92 valence electrons. The van der Waals surface area contributed by atoms with Crippen LogP contribution in [0.4, 0.5) is 0 Å². The summed E-state index contributed by atoms with van der Waals surface area (Å²) in [6.07, 6.45) is 0. The van der Waals surface area contributed by atoms with E-state index in [2.05, 4.69) is 31.4 Å². The molecule has 17 heavy (non-hydrogen) atoms. The Kier molecular flexibility index (Phi) is 3.24. The molecule has 0 atom stereocenters. The van der Waals surface area contributed by atoms with Crippen molar-refractivity contribution >= 4 is 27.5 Å². The van der Waals surface area contributed by atoms with Crippen LogP contribution in [0.3, 0.4) is 0 Å². The van der Waals surface area contributed by atoms with Crippen LogP contribution in [0.2, 0.25) is 0 Å². The Balaban J connectivity index is 2.58. The molecule has 0 aromatic carbocycles. The zero-order valence-electron chi connectivity index (χ0n) is 10.6. The fraction of sp³-hybridized carbons (Fsp3) is 0.462. The lowest BCUT2D eigenvalue weighted by molar-refractivity contribution is 0.0513. The normalized spacial score (nSPS) is 11.4. The first-order chi connectivity index (χ1) is 8.04. The van der Waals surface area contributed by atoms with Crippen LogP contribution in [0.1, 0.15) is 42.2 Å². The van der Waals surface area contributed by atoms with E-state index in [1.54, 1.807) is 11.3 Å². The monoisotopic (exact) mass is 251 g/mol. The molecule has 0 aliphatic carbocycles. The molecule has 4 heteroatoms. The van der Waals surface area contributed by atoms with Gasteiger partial charge in [0.1, 0.15) is 5.69 Å². The van der Waals surface area contributed by atoms with Gasteiger partial charge in [-0.1, -0.05) is 0 Å². The van der Waals surface area contributed by atoms with Crippen molar-refractivity contribution in [2.45, 2.75) is 33.7 Å². The summed E-state index contributed by atoms with van der Waals surface area (Å²) in [6, 6.07) is 4.31. The van der Waals surface area contributed by atoms with E-state index in [0.29, 0.717) is 12.3 Å². The van der Waals surface area contributed by atoms with Crippen molar-refractivity contribution in [3.05, 3.63) is 22.7 Å². The van der Waals surface area contributed by atoms with Crippen molar-refractivity contribution in [2.24, 2.45) is 0 Å². The third-order valence-corrected chi connectivity index (χ3v) is 3.64. The van der Waals surface area contributed by atoms with Crippen molar-refractivity contribution in [3.8, 4) is 0 Å². The number of carbonyl (C=O) groups excluding carboxylic acids is 1. The molecule has 2 aromatic rings. The second-order valence-electron chi connectivity index (χ2n) is 4.32. The van der Waals surface area contributed by atoms with Gasteiger partial charge in [0.25, 0.3) is 0 Å². The number of rotatable bonds is 3. The van der Waals surface area contributed by atoms with Gasteiger partial charge in [-0.3, -0.25) is 0 Å². The Hall–Kier alpha value is -1.29. The van der Waals surface area contributed by atoms with Gasteiger partial charge in [-0.15, -0.1) is 11.3 Å². The molecule has 0 aliphatic heterocycles. The number of aryl methyl sites for hydroxylation is 1. The summed E-state index contributed by atoms with van der Waals surface area (Å²) in [6.45, 7) is 8.48. The lowest BCUT2D eigenvalue weighted by Gasteiger charge is -2.13. The van der Waals surface area contributed by atoms with Crippen LogP contribution in [-0.2, 0) is 4.74 Å². The summed E-state index contributed by atoms with van der Waals surface area (Å²) >= 11 is 1.71. The van der Waals surface area contributed by atoms with Gasteiger partial charge < -0.3 is 9.30 Å². The van der Waals surface area contributed by atoms with E-state index < -0.39 is 0 Å². The molecule has 2 aromatic heterocycles. The predicted octanol–water partition coefficient (Wildman–Crippen LogP) is 3.77. The van der Waals surface area contributed by atoms with Crippen molar-refractivity contribution in [3.63, 3.8) is 0 Å². The third-order valence-electron chi connectivity index (χ3n) is 2.65. The van der Waals surface area contributed by atoms with Crippen LogP contribution >= 0.6 is 11.3 Å². The average Bonchev–Trinajstić information content (AvgIpc) is 2.72. The second-order valence-corrected chi connectivity index (χ2v) is 5.61. The first-order valence-electron chi connectivity index (χ1n) is 5.83. The Morgan fingerprint density at radius 1 is 1.47 bits per heavy atom. The molecule has 3 nitrogen and oxygen atoms in total. The van der Waals surface area contributed by atoms with Gasteiger partial charge in [-0.25, -0.2) is 4.79 Å².